The van der Waals surface area contributed by atoms with E-state index in [1.54, 1.807) is 0 Å². The number of rotatable bonds is 5. The van der Waals surface area contributed by atoms with E-state index < -0.39 is 0 Å². The molecule has 0 saturated heterocycles. The minimum atomic E-state index is 0.605. The van der Waals surface area contributed by atoms with Crippen molar-refractivity contribution in [3.05, 3.63) is 15.6 Å². The van der Waals surface area contributed by atoms with Gasteiger partial charge in [0.05, 0.1) is 10.7 Å². The predicted octanol–water partition coefficient (Wildman–Crippen LogP) is 4.25. The third kappa shape index (κ3) is 4.57. The Bertz CT molecular complexity index is 359. The van der Waals surface area contributed by atoms with Crippen LogP contribution >= 0.6 is 11.3 Å². The van der Waals surface area contributed by atoms with Crippen molar-refractivity contribution in [2.45, 2.75) is 71.3 Å². The Balaban J connectivity index is 1.88. The van der Waals surface area contributed by atoms with E-state index >= 15 is 0 Å². The molecule has 1 atom stereocenters. The molecule has 2 nitrogen and oxygen atoms in total. The summed E-state index contributed by atoms with van der Waals surface area (Å²) >= 11 is 1.87. The van der Waals surface area contributed by atoms with Crippen LogP contribution in [0, 0.1) is 19.8 Å². The summed E-state index contributed by atoms with van der Waals surface area (Å²) in [7, 11) is 2.11. The van der Waals surface area contributed by atoms with Gasteiger partial charge in [0.25, 0.3) is 0 Å². The highest BCUT2D eigenvalue weighted by molar-refractivity contribution is 7.11. The Hall–Kier alpha value is -0.410. The molecule has 1 saturated carbocycles. The van der Waals surface area contributed by atoms with Gasteiger partial charge in [-0.25, -0.2) is 4.98 Å². The maximum absolute atomic E-state index is 4.69. The lowest BCUT2D eigenvalue weighted by molar-refractivity contribution is 0.361. The Morgan fingerprint density at radius 2 is 1.89 bits per heavy atom. The van der Waals surface area contributed by atoms with Crippen molar-refractivity contribution in [2.75, 3.05) is 7.05 Å². The second-order valence-corrected chi connectivity index (χ2v) is 7.32. The number of likely N-dealkylation sites (N-methyl/N-ethyl adjacent to an activating group) is 1. The van der Waals surface area contributed by atoms with Gasteiger partial charge in [-0.05, 0) is 33.2 Å². The lowest BCUT2D eigenvalue weighted by Gasteiger charge is -2.21. The van der Waals surface area contributed by atoms with E-state index in [2.05, 4.69) is 31.2 Å². The van der Waals surface area contributed by atoms with E-state index in [0.717, 1.165) is 12.3 Å². The number of hydrogen-bond donors (Lipinski definition) is 1. The van der Waals surface area contributed by atoms with Crippen LogP contribution in [-0.4, -0.2) is 18.1 Å². The molecule has 2 rings (SSSR count). The summed E-state index contributed by atoms with van der Waals surface area (Å²) in [5.74, 6) is 0.933. The van der Waals surface area contributed by atoms with Gasteiger partial charge in [-0.3, -0.25) is 0 Å². The first-order chi connectivity index (χ1) is 9.19. The van der Waals surface area contributed by atoms with Gasteiger partial charge in [0.2, 0.25) is 0 Å². The number of hydrogen-bond acceptors (Lipinski definition) is 3. The fraction of sp³-hybridized carbons (Fsp3) is 0.812. The van der Waals surface area contributed by atoms with Crippen LogP contribution in [0.5, 0.6) is 0 Å². The molecule has 0 aliphatic heterocycles. The van der Waals surface area contributed by atoms with E-state index in [4.69, 9.17) is 0 Å². The summed E-state index contributed by atoms with van der Waals surface area (Å²) in [4.78, 5) is 6.06. The average molecular weight is 280 g/mol. The molecule has 3 heteroatoms. The second-order valence-electron chi connectivity index (χ2n) is 6.03. The predicted molar refractivity (Wildman–Crippen MR) is 83.9 cm³/mol. The molecular weight excluding hydrogens is 252 g/mol. The summed E-state index contributed by atoms with van der Waals surface area (Å²) in [6, 6.07) is 0.605. The van der Waals surface area contributed by atoms with Crippen LogP contribution in [0.2, 0.25) is 0 Å². The maximum atomic E-state index is 4.69. The zero-order chi connectivity index (χ0) is 13.7. The van der Waals surface area contributed by atoms with Crippen molar-refractivity contribution in [3.63, 3.8) is 0 Å². The Labute approximate surface area is 122 Å². The summed E-state index contributed by atoms with van der Waals surface area (Å²) in [6.07, 6.45) is 11.1. The first-order valence-corrected chi connectivity index (χ1v) is 8.61. The minimum Gasteiger partial charge on any atom is -0.317 e. The van der Waals surface area contributed by atoms with Crippen LogP contribution in [-0.2, 0) is 6.42 Å². The van der Waals surface area contributed by atoms with Gasteiger partial charge in [-0.1, -0.05) is 38.5 Å². The molecule has 108 valence electrons. The molecule has 1 aliphatic rings. The van der Waals surface area contributed by atoms with Crippen LogP contribution in [0.3, 0.4) is 0 Å². The zero-order valence-electron chi connectivity index (χ0n) is 12.7. The highest BCUT2D eigenvalue weighted by Crippen LogP contribution is 2.28. The average Bonchev–Trinajstić information content (AvgIpc) is 2.60. The van der Waals surface area contributed by atoms with E-state index in [1.807, 2.05) is 11.3 Å². The number of nitrogens with one attached hydrogen (secondary N) is 1. The second kappa shape index (κ2) is 7.39. The lowest BCUT2D eigenvalue weighted by Crippen LogP contribution is -2.30. The summed E-state index contributed by atoms with van der Waals surface area (Å²) < 4.78 is 0. The molecule has 19 heavy (non-hydrogen) atoms. The van der Waals surface area contributed by atoms with Crippen LogP contribution in [0.15, 0.2) is 0 Å². The molecule has 1 fully saturated rings. The van der Waals surface area contributed by atoms with E-state index in [-0.39, 0.29) is 0 Å². The molecule has 1 aromatic heterocycles. The van der Waals surface area contributed by atoms with Gasteiger partial charge >= 0.3 is 0 Å². The normalized spacial score (nSPS) is 19.3. The largest absolute Gasteiger partial charge is 0.317 e. The fourth-order valence-corrected chi connectivity index (χ4v) is 4.16. The molecule has 0 bridgehead atoms. The van der Waals surface area contributed by atoms with Gasteiger partial charge in [0, 0.05) is 17.3 Å². The van der Waals surface area contributed by atoms with Gasteiger partial charge in [-0.2, -0.15) is 0 Å². The molecule has 0 amide bonds. The van der Waals surface area contributed by atoms with Crippen LogP contribution in [0.1, 0.15) is 60.5 Å². The van der Waals surface area contributed by atoms with Crippen molar-refractivity contribution >= 4 is 11.3 Å². The summed E-state index contributed by atoms with van der Waals surface area (Å²) in [6.45, 7) is 4.30. The Morgan fingerprint density at radius 1 is 1.21 bits per heavy atom. The maximum Gasteiger partial charge on any atom is 0.0946 e. The van der Waals surface area contributed by atoms with Crippen LogP contribution in [0.4, 0.5) is 0 Å². The van der Waals surface area contributed by atoms with Gasteiger partial charge < -0.3 is 5.32 Å². The quantitative estimate of drug-likeness (QED) is 0.816. The van der Waals surface area contributed by atoms with Crippen LogP contribution in [0.25, 0.3) is 0 Å². The Morgan fingerprint density at radius 3 is 2.42 bits per heavy atom. The topological polar surface area (TPSA) is 24.9 Å². The number of nitrogens with zero attached hydrogens (tertiary/aromatic N) is 1. The van der Waals surface area contributed by atoms with Crippen molar-refractivity contribution in [3.8, 4) is 0 Å². The highest BCUT2D eigenvalue weighted by atomic mass is 32.1. The minimum absolute atomic E-state index is 0.605. The van der Waals surface area contributed by atoms with Crippen LogP contribution < -0.4 is 5.32 Å². The SMILES string of the molecule is CNC(Cc1nc(C)c(C)s1)CC1CCCCCC1. The van der Waals surface area contributed by atoms with Crippen molar-refractivity contribution < 1.29 is 0 Å². The third-order valence-electron chi connectivity index (χ3n) is 4.49. The molecule has 0 aromatic carbocycles. The zero-order valence-corrected chi connectivity index (χ0v) is 13.5. The van der Waals surface area contributed by atoms with Crippen molar-refractivity contribution in [1.29, 1.82) is 0 Å². The van der Waals surface area contributed by atoms with Gasteiger partial charge in [0.1, 0.15) is 0 Å². The molecule has 1 N–H and O–H groups in total. The van der Waals surface area contributed by atoms with E-state index in [1.165, 1.54) is 60.5 Å². The smallest absolute Gasteiger partial charge is 0.0946 e. The first kappa shape index (κ1) is 15.0. The van der Waals surface area contributed by atoms with Gasteiger partial charge in [-0.15, -0.1) is 11.3 Å². The fourth-order valence-electron chi connectivity index (χ4n) is 3.14. The summed E-state index contributed by atoms with van der Waals surface area (Å²) in [5, 5.41) is 4.82. The number of aryl methyl sites for hydroxylation is 2. The number of thiazole rings is 1. The molecule has 1 aliphatic carbocycles. The van der Waals surface area contributed by atoms with Crippen molar-refractivity contribution in [2.24, 2.45) is 5.92 Å². The van der Waals surface area contributed by atoms with Gasteiger partial charge in [0.15, 0.2) is 0 Å². The highest BCUT2D eigenvalue weighted by Gasteiger charge is 2.18. The molecule has 0 spiro atoms. The molecule has 0 radical (unpaired) electrons. The standard InChI is InChI=1S/C16H28N2S/c1-12-13(2)19-16(18-12)11-15(17-3)10-14-8-6-4-5-7-9-14/h14-15,17H,4-11H2,1-3H3. The molecule has 1 heterocycles. The van der Waals surface area contributed by atoms with E-state index in [9.17, 15) is 0 Å². The first-order valence-electron chi connectivity index (χ1n) is 7.79. The monoisotopic (exact) mass is 280 g/mol. The molecular formula is C16H28N2S. The molecule has 1 aromatic rings. The van der Waals surface area contributed by atoms with Crippen molar-refractivity contribution in [1.82, 2.24) is 10.3 Å². The lowest BCUT2D eigenvalue weighted by atomic mass is 9.91. The third-order valence-corrected chi connectivity index (χ3v) is 5.59. The van der Waals surface area contributed by atoms with E-state index in [0.29, 0.717) is 6.04 Å². The Kier molecular flexibility index (Phi) is 5.83. The summed E-state index contributed by atoms with van der Waals surface area (Å²) in [5.41, 5.74) is 1.21. The number of aromatic nitrogens is 1. The molecule has 1 unspecified atom stereocenters.